The van der Waals surface area contributed by atoms with Crippen molar-refractivity contribution in [2.75, 3.05) is 17.2 Å². The highest BCUT2D eigenvalue weighted by atomic mass is 32.2. The number of non-ortho nitro benzene ring substituents is 1. The molecule has 4 rings (SSSR count). The number of nitrogens with one attached hydrogen (secondary N) is 2. The Hall–Kier alpha value is -3.96. The first-order valence-corrected chi connectivity index (χ1v) is 13.2. The number of ether oxygens (including phenoxy) is 1. The van der Waals surface area contributed by atoms with E-state index in [0.29, 0.717) is 29.4 Å². The molecule has 0 saturated heterocycles. The number of carbonyl (C=O) groups excluding carboxylic acids is 2. The molecule has 0 radical (unpaired) electrons. The summed E-state index contributed by atoms with van der Waals surface area (Å²) in [6.45, 7) is 4.43. The zero-order valence-corrected chi connectivity index (χ0v) is 21.7. The second kappa shape index (κ2) is 11.8. The minimum absolute atomic E-state index is 0.0834. The summed E-state index contributed by atoms with van der Waals surface area (Å²) in [5.74, 6) is 0.223. The van der Waals surface area contributed by atoms with Gasteiger partial charge in [0.05, 0.1) is 27.0 Å². The zero-order chi connectivity index (χ0) is 26.4. The first-order chi connectivity index (χ1) is 17.9. The Balaban J connectivity index is 1.40. The second-order valence-corrected chi connectivity index (χ2v) is 10.2. The molecule has 0 fully saturated rings. The van der Waals surface area contributed by atoms with Crippen LogP contribution in [-0.4, -0.2) is 33.6 Å². The third kappa shape index (κ3) is 6.63. The number of anilines is 2. The van der Waals surface area contributed by atoms with Crippen LogP contribution in [-0.2, 0) is 4.79 Å². The molecule has 1 atom stereocenters. The Morgan fingerprint density at radius 3 is 2.57 bits per heavy atom. The van der Waals surface area contributed by atoms with Crippen LogP contribution in [0.5, 0.6) is 5.75 Å². The van der Waals surface area contributed by atoms with E-state index in [1.54, 1.807) is 18.2 Å². The van der Waals surface area contributed by atoms with Crippen LogP contribution in [0, 0.1) is 10.1 Å². The van der Waals surface area contributed by atoms with Gasteiger partial charge in [-0.3, -0.25) is 19.7 Å². The Morgan fingerprint density at radius 1 is 1.08 bits per heavy atom. The van der Waals surface area contributed by atoms with Gasteiger partial charge in [0.1, 0.15) is 5.75 Å². The number of hydrogen-bond donors (Lipinski definition) is 2. The monoisotopic (exact) mass is 536 g/mol. The lowest BCUT2D eigenvalue weighted by molar-refractivity contribution is -0.384. The van der Waals surface area contributed by atoms with Crippen LogP contribution in [0.4, 0.5) is 16.5 Å². The Morgan fingerprint density at radius 2 is 1.86 bits per heavy atom. The first kappa shape index (κ1) is 26.1. The maximum atomic E-state index is 13.0. The van der Waals surface area contributed by atoms with E-state index in [0.717, 1.165) is 20.9 Å². The average molecular weight is 537 g/mol. The molecule has 0 aliphatic carbocycles. The van der Waals surface area contributed by atoms with Crippen LogP contribution in [0.1, 0.15) is 30.6 Å². The van der Waals surface area contributed by atoms with Crippen LogP contribution in [0.3, 0.4) is 0 Å². The Labute approximate surface area is 221 Å². The molecule has 0 aliphatic heterocycles. The Bertz CT molecular complexity index is 1440. The van der Waals surface area contributed by atoms with E-state index < -0.39 is 4.92 Å². The predicted octanol–water partition coefficient (Wildman–Crippen LogP) is 6.36. The number of hydrogen-bond acceptors (Lipinski definition) is 8. The number of amides is 2. The summed E-state index contributed by atoms with van der Waals surface area (Å²) in [7, 11) is 0. The van der Waals surface area contributed by atoms with Gasteiger partial charge in [-0.2, -0.15) is 0 Å². The van der Waals surface area contributed by atoms with E-state index >= 15 is 0 Å². The van der Waals surface area contributed by atoms with Crippen LogP contribution in [0.15, 0.2) is 71.6 Å². The van der Waals surface area contributed by atoms with Crippen LogP contribution in [0.2, 0.25) is 0 Å². The summed E-state index contributed by atoms with van der Waals surface area (Å²) in [5.41, 5.74) is 1.57. The number of benzene rings is 3. The van der Waals surface area contributed by atoms with Crippen molar-refractivity contribution in [2.24, 2.45) is 0 Å². The van der Waals surface area contributed by atoms with Gasteiger partial charge < -0.3 is 15.4 Å². The number of nitro groups is 1. The molecule has 0 saturated carbocycles. The molecule has 2 N–H and O–H groups in total. The molecule has 11 heteroatoms. The fourth-order valence-corrected chi connectivity index (χ4v) is 5.38. The van der Waals surface area contributed by atoms with Crippen molar-refractivity contribution in [3.8, 4) is 5.75 Å². The number of nitrogens with zero attached hydrogens (tertiary/aromatic N) is 2. The van der Waals surface area contributed by atoms with E-state index in [1.807, 2.05) is 38.1 Å². The molecule has 190 valence electrons. The van der Waals surface area contributed by atoms with Gasteiger partial charge in [0.15, 0.2) is 5.13 Å². The van der Waals surface area contributed by atoms with E-state index in [2.05, 4.69) is 15.6 Å². The minimum atomic E-state index is -0.516. The summed E-state index contributed by atoms with van der Waals surface area (Å²) in [5, 5.41) is 16.7. The average Bonchev–Trinajstić information content (AvgIpc) is 3.29. The first-order valence-electron chi connectivity index (χ1n) is 11.5. The molecular weight excluding hydrogens is 512 g/mol. The number of rotatable bonds is 10. The SMILES string of the molecule is CCOc1ccc2nc(NC(=O)C(CC)Sc3cccc(NC(=O)c4ccc([N+](=O)[O-])cc4)c3)sc2c1. The third-order valence-electron chi connectivity index (χ3n) is 5.27. The van der Waals surface area contributed by atoms with Crippen LogP contribution in [0.25, 0.3) is 10.2 Å². The molecule has 37 heavy (non-hydrogen) atoms. The molecule has 4 aromatic rings. The summed E-state index contributed by atoms with van der Waals surface area (Å²) in [4.78, 5) is 41.2. The molecule has 2 amide bonds. The zero-order valence-electron chi connectivity index (χ0n) is 20.1. The van der Waals surface area contributed by atoms with Crippen LogP contribution < -0.4 is 15.4 Å². The smallest absolute Gasteiger partial charge is 0.269 e. The molecule has 1 heterocycles. The van der Waals surface area contributed by atoms with Crippen molar-refractivity contribution in [2.45, 2.75) is 30.4 Å². The maximum absolute atomic E-state index is 13.0. The molecule has 9 nitrogen and oxygen atoms in total. The minimum Gasteiger partial charge on any atom is -0.494 e. The van der Waals surface area contributed by atoms with Gasteiger partial charge in [0, 0.05) is 28.3 Å². The van der Waals surface area contributed by atoms with Crippen molar-refractivity contribution in [1.82, 2.24) is 4.98 Å². The standard InChI is InChI=1S/C26H24N4O5S2/c1-3-22(25(32)29-26-28-21-13-12-19(35-4-2)15-23(21)37-26)36-20-7-5-6-17(14-20)27-24(31)16-8-10-18(11-9-16)30(33)34/h5-15,22H,3-4H2,1-2H3,(H,27,31)(H,28,29,32). The van der Waals surface area contributed by atoms with E-state index in [-0.39, 0.29) is 22.8 Å². The lowest BCUT2D eigenvalue weighted by Gasteiger charge is -2.14. The number of carbonyl (C=O) groups is 2. The summed E-state index contributed by atoms with van der Waals surface area (Å²) >= 11 is 2.79. The molecule has 0 spiro atoms. The highest BCUT2D eigenvalue weighted by molar-refractivity contribution is 8.00. The number of fused-ring (bicyclic) bond motifs is 1. The van der Waals surface area contributed by atoms with Crippen molar-refractivity contribution in [1.29, 1.82) is 0 Å². The number of nitro benzene ring substituents is 1. The van der Waals surface area contributed by atoms with Crippen molar-refractivity contribution in [3.63, 3.8) is 0 Å². The van der Waals surface area contributed by atoms with Crippen LogP contribution >= 0.6 is 23.1 Å². The lowest BCUT2D eigenvalue weighted by Crippen LogP contribution is -2.24. The van der Waals surface area contributed by atoms with Crippen molar-refractivity contribution in [3.05, 3.63) is 82.4 Å². The summed E-state index contributed by atoms with van der Waals surface area (Å²) in [6, 6.07) is 18.2. The van der Waals surface area contributed by atoms with Crippen molar-refractivity contribution < 1.29 is 19.2 Å². The van der Waals surface area contributed by atoms with Gasteiger partial charge in [-0.25, -0.2) is 4.98 Å². The van der Waals surface area contributed by atoms with E-state index in [4.69, 9.17) is 4.74 Å². The highest BCUT2D eigenvalue weighted by Crippen LogP contribution is 2.32. The molecule has 0 aliphatic rings. The summed E-state index contributed by atoms with van der Waals surface area (Å²) < 4.78 is 6.46. The van der Waals surface area contributed by atoms with E-state index in [1.165, 1.54) is 47.4 Å². The normalized spacial score (nSPS) is 11.6. The van der Waals surface area contributed by atoms with Gasteiger partial charge in [-0.1, -0.05) is 24.3 Å². The second-order valence-electron chi connectivity index (χ2n) is 7.87. The molecule has 1 unspecified atom stereocenters. The molecule has 0 bridgehead atoms. The highest BCUT2D eigenvalue weighted by Gasteiger charge is 2.20. The molecular formula is C26H24N4O5S2. The van der Waals surface area contributed by atoms with Gasteiger partial charge >= 0.3 is 0 Å². The largest absolute Gasteiger partial charge is 0.494 e. The Kier molecular flexibility index (Phi) is 8.36. The maximum Gasteiger partial charge on any atom is 0.269 e. The predicted molar refractivity (Wildman–Crippen MR) is 147 cm³/mol. The quantitative estimate of drug-likeness (QED) is 0.137. The fourth-order valence-electron chi connectivity index (χ4n) is 3.47. The number of thiazole rings is 1. The van der Waals surface area contributed by atoms with Crippen molar-refractivity contribution >= 4 is 61.6 Å². The topological polar surface area (TPSA) is 123 Å². The number of aromatic nitrogens is 1. The van der Waals surface area contributed by atoms with Gasteiger partial charge in [-0.05, 0) is 61.9 Å². The van der Waals surface area contributed by atoms with Gasteiger partial charge in [0.25, 0.3) is 11.6 Å². The van der Waals surface area contributed by atoms with Gasteiger partial charge in [0.2, 0.25) is 5.91 Å². The summed E-state index contributed by atoms with van der Waals surface area (Å²) in [6.07, 6.45) is 0.593. The lowest BCUT2D eigenvalue weighted by atomic mass is 10.2. The third-order valence-corrected chi connectivity index (χ3v) is 7.57. The fraction of sp³-hybridized carbons (Fsp3) is 0.192. The molecule has 1 aromatic heterocycles. The molecule has 3 aromatic carbocycles. The van der Waals surface area contributed by atoms with Gasteiger partial charge in [-0.15, -0.1) is 11.8 Å². The van der Waals surface area contributed by atoms with E-state index in [9.17, 15) is 19.7 Å². The number of thioether (sulfide) groups is 1.